The van der Waals surface area contributed by atoms with Crippen molar-refractivity contribution < 1.29 is 23.8 Å². The topological polar surface area (TPSA) is 74.2 Å². The van der Waals surface area contributed by atoms with Gasteiger partial charge in [-0.2, -0.15) is 0 Å². The summed E-state index contributed by atoms with van der Waals surface area (Å²) in [5, 5.41) is 0. The second-order valence-corrected chi connectivity index (χ2v) is 7.61. The molecule has 0 amide bonds. The normalized spacial score (nSPS) is 20.2. The van der Waals surface area contributed by atoms with E-state index in [0.29, 0.717) is 36.8 Å². The van der Waals surface area contributed by atoms with Crippen molar-refractivity contribution in [2.75, 3.05) is 33.1 Å². The summed E-state index contributed by atoms with van der Waals surface area (Å²) in [4.78, 5) is 30.1. The number of thioether (sulfide) groups is 1. The fraction of sp³-hybridized carbons (Fsp3) is 0.562. The second kappa shape index (κ2) is 8.53. The van der Waals surface area contributed by atoms with E-state index >= 15 is 0 Å². The molecule has 0 bridgehead atoms. The molecule has 1 aliphatic rings. The summed E-state index contributed by atoms with van der Waals surface area (Å²) in [6, 6.07) is 3.64. The first-order valence-electron chi connectivity index (χ1n) is 7.64. The lowest BCUT2D eigenvalue weighted by Gasteiger charge is -2.32. The third kappa shape index (κ3) is 3.92. The van der Waals surface area contributed by atoms with Crippen LogP contribution in [0.25, 0.3) is 0 Å². The average Bonchev–Trinajstić information content (AvgIpc) is 3.08. The maximum Gasteiger partial charge on any atom is 0.348 e. The highest BCUT2D eigenvalue weighted by molar-refractivity contribution is 8.02. The number of carbonyl (C=O) groups is 2. The summed E-state index contributed by atoms with van der Waals surface area (Å²) in [6.45, 7) is 2.75. The molecule has 2 rings (SSSR count). The Labute approximate surface area is 149 Å². The molecule has 0 saturated heterocycles. The zero-order valence-corrected chi connectivity index (χ0v) is 15.6. The van der Waals surface area contributed by atoms with Crippen LogP contribution >= 0.6 is 23.1 Å². The molecule has 2 heterocycles. The molecule has 0 fully saturated rings. The molecule has 0 unspecified atom stereocenters. The van der Waals surface area contributed by atoms with Gasteiger partial charge in [-0.25, -0.2) is 9.59 Å². The number of ether oxygens (including phenoxy) is 3. The Morgan fingerprint density at radius 3 is 2.79 bits per heavy atom. The van der Waals surface area contributed by atoms with Crippen LogP contribution in [-0.4, -0.2) is 55.7 Å². The fourth-order valence-electron chi connectivity index (χ4n) is 2.50. The van der Waals surface area contributed by atoms with Gasteiger partial charge in [0.15, 0.2) is 4.75 Å². The van der Waals surface area contributed by atoms with Crippen LogP contribution in [0.5, 0.6) is 0 Å². The van der Waals surface area contributed by atoms with Crippen molar-refractivity contribution in [2.24, 2.45) is 4.99 Å². The molecular weight excluding hydrogens is 350 g/mol. The molecule has 1 aromatic heterocycles. The molecular formula is C16H21NO5S2. The van der Waals surface area contributed by atoms with E-state index in [9.17, 15) is 9.59 Å². The Morgan fingerprint density at radius 1 is 1.33 bits per heavy atom. The summed E-state index contributed by atoms with van der Waals surface area (Å²) in [5.74, 6) is 0.478. The first kappa shape index (κ1) is 18.8. The predicted molar refractivity (Wildman–Crippen MR) is 95.1 cm³/mol. The van der Waals surface area contributed by atoms with Gasteiger partial charge >= 0.3 is 11.9 Å². The third-order valence-electron chi connectivity index (χ3n) is 3.61. The van der Waals surface area contributed by atoms with Gasteiger partial charge in [0.1, 0.15) is 4.88 Å². The van der Waals surface area contributed by atoms with Crippen molar-refractivity contribution in [3.8, 4) is 0 Å². The van der Waals surface area contributed by atoms with Crippen LogP contribution in [0.1, 0.15) is 27.9 Å². The molecule has 1 aromatic rings. The van der Waals surface area contributed by atoms with Crippen LogP contribution < -0.4 is 0 Å². The Hall–Kier alpha value is -1.54. The number of aliphatic imine (C=N–C) groups is 1. The van der Waals surface area contributed by atoms with Crippen LogP contribution in [-0.2, 0) is 25.4 Å². The van der Waals surface area contributed by atoms with E-state index in [1.807, 2.05) is 6.07 Å². The van der Waals surface area contributed by atoms with E-state index in [1.54, 1.807) is 13.0 Å². The minimum Gasteiger partial charge on any atom is -0.483 e. The van der Waals surface area contributed by atoms with Gasteiger partial charge in [-0.05, 0) is 31.9 Å². The monoisotopic (exact) mass is 371 g/mol. The number of aryl methyl sites for hydroxylation is 1. The van der Waals surface area contributed by atoms with Crippen molar-refractivity contribution in [1.29, 1.82) is 0 Å². The zero-order chi connectivity index (χ0) is 17.6. The summed E-state index contributed by atoms with van der Waals surface area (Å²) in [6.07, 6.45) is 1.12. The zero-order valence-electron chi connectivity index (χ0n) is 14.0. The van der Waals surface area contributed by atoms with Crippen LogP contribution in [0.3, 0.4) is 0 Å². The van der Waals surface area contributed by atoms with Crippen molar-refractivity contribution in [1.82, 2.24) is 0 Å². The summed E-state index contributed by atoms with van der Waals surface area (Å²) in [5.41, 5.74) is 0. The largest absolute Gasteiger partial charge is 0.483 e. The van der Waals surface area contributed by atoms with Crippen molar-refractivity contribution >= 4 is 40.9 Å². The van der Waals surface area contributed by atoms with E-state index < -0.39 is 4.75 Å². The molecule has 1 atom stereocenters. The molecule has 0 spiro atoms. The molecule has 132 valence electrons. The molecule has 0 aromatic carbocycles. The van der Waals surface area contributed by atoms with Crippen LogP contribution in [0.15, 0.2) is 17.1 Å². The Bertz CT molecular complexity index is 628. The standard InChI is InChI=1S/C16H21NO5S2/c1-4-22-13(18)12-6-5-11(24-12)7-8-16(15(19)21-3)14(20-2)17-9-10-23-16/h5-6H,4,7-10H2,1-3H3/t16-/m1/s1. The van der Waals surface area contributed by atoms with E-state index in [1.165, 1.54) is 37.3 Å². The number of esters is 2. The first-order valence-corrected chi connectivity index (χ1v) is 9.44. The quantitative estimate of drug-likeness (QED) is 0.716. The molecule has 0 radical (unpaired) electrons. The average molecular weight is 371 g/mol. The van der Waals surface area contributed by atoms with Crippen LogP contribution in [0.2, 0.25) is 0 Å². The number of carbonyl (C=O) groups excluding carboxylic acids is 2. The Balaban J connectivity index is 2.14. The lowest BCUT2D eigenvalue weighted by Crippen LogP contribution is -2.48. The number of rotatable bonds is 6. The SMILES string of the molecule is CCOC(=O)c1ccc(CC[C@@]2(C(=O)OC)SCCN=C2OC)s1. The molecule has 24 heavy (non-hydrogen) atoms. The van der Waals surface area contributed by atoms with Gasteiger partial charge in [-0.3, -0.25) is 4.99 Å². The molecule has 0 saturated carbocycles. The number of hydrogen-bond acceptors (Lipinski definition) is 8. The third-order valence-corrected chi connectivity index (χ3v) is 6.16. The number of thiophene rings is 1. The van der Waals surface area contributed by atoms with Crippen LogP contribution in [0.4, 0.5) is 0 Å². The number of hydrogen-bond donors (Lipinski definition) is 0. The number of nitrogens with zero attached hydrogens (tertiary/aromatic N) is 1. The molecule has 6 nitrogen and oxygen atoms in total. The molecule has 1 aliphatic heterocycles. The highest BCUT2D eigenvalue weighted by Crippen LogP contribution is 2.37. The van der Waals surface area contributed by atoms with Gasteiger partial charge in [0.2, 0.25) is 5.90 Å². The minimum absolute atomic E-state index is 0.317. The summed E-state index contributed by atoms with van der Waals surface area (Å²) >= 11 is 2.88. The lowest BCUT2D eigenvalue weighted by atomic mass is 10.0. The maximum atomic E-state index is 12.4. The van der Waals surface area contributed by atoms with E-state index in [4.69, 9.17) is 14.2 Å². The molecule has 0 aliphatic carbocycles. The Morgan fingerprint density at radius 2 is 2.12 bits per heavy atom. The molecule has 0 N–H and O–H groups in total. The van der Waals surface area contributed by atoms with Gasteiger partial charge in [-0.15, -0.1) is 23.1 Å². The lowest BCUT2D eigenvalue weighted by molar-refractivity contribution is -0.142. The van der Waals surface area contributed by atoms with Crippen LogP contribution in [0, 0.1) is 0 Å². The first-order chi connectivity index (χ1) is 11.6. The van der Waals surface area contributed by atoms with Gasteiger partial charge in [-0.1, -0.05) is 0 Å². The summed E-state index contributed by atoms with van der Waals surface area (Å²) in [7, 11) is 2.89. The van der Waals surface area contributed by atoms with E-state index in [2.05, 4.69) is 4.99 Å². The highest BCUT2D eigenvalue weighted by Gasteiger charge is 2.48. The van der Waals surface area contributed by atoms with Gasteiger partial charge in [0.25, 0.3) is 0 Å². The smallest absolute Gasteiger partial charge is 0.348 e. The van der Waals surface area contributed by atoms with E-state index in [0.717, 1.165) is 10.6 Å². The van der Waals surface area contributed by atoms with Crippen molar-refractivity contribution in [3.63, 3.8) is 0 Å². The van der Waals surface area contributed by atoms with E-state index in [-0.39, 0.29) is 11.9 Å². The summed E-state index contributed by atoms with van der Waals surface area (Å²) < 4.78 is 14.4. The highest BCUT2D eigenvalue weighted by atomic mass is 32.2. The van der Waals surface area contributed by atoms with Crippen molar-refractivity contribution in [2.45, 2.75) is 24.5 Å². The van der Waals surface area contributed by atoms with Gasteiger partial charge in [0, 0.05) is 10.6 Å². The predicted octanol–water partition coefficient (Wildman–Crippen LogP) is 2.56. The Kier molecular flexibility index (Phi) is 6.68. The maximum absolute atomic E-state index is 12.4. The van der Waals surface area contributed by atoms with Crippen molar-refractivity contribution in [3.05, 3.63) is 21.9 Å². The molecule has 8 heteroatoms. The number of methoxy groups -OCH3 is 2. The fourth-order valence-corrected chi connectivity index (χ4v) is 4.65. The minimum atomic E-state index is -0.921. The van der Waals surface area contributed by atoms with Gasteiger partial charge in [0.05, 0.1) is 27.4 Å². The second-order valence-electron chi connectivity index (χ2n) is 5.04. The van der Waals surface area contributed by atoms with Gasteiger partial charge < -0.3 is 14.2 Å².